The van der Waals surface area contributed by atoms with Crippen molar-refractivity contribution in [2.24, 2.45) is 5.73 Å². The summed E-state index contributed by atoms with van der Waals surface area (Å²) in [7, 11) is 0. The number of hydrogen-bond acceptors (Lipinski definition) is 2. The maximum absolute atomic E-state index is 6.14. The van der Waals surface area contributed by atoms with E-state index >= 15 is 0 Å². The summed E-state index contributed by atoms with van der Waals surface area (Å²) in [5, 5.41) is 0. The van der Waals surface area contributed by atoms with Gasteiger partial charge >= 0.3 is 0 Å². The van der Waals surface area contributed by atoms with E-state index in [0.717, 1.165) is 30.6 Å². The Balaban J connectivity index is 1.81. The summed E-state index contributed by atoms with van der Waals surface area (Å²) in [5.41, 5.74) is 8.66. The lowest BCUT2D eigenvalue weighted by molar-refractivity contribution is 0.518. The van der Waals surface area contributed by atoms with Gasteiger partial charge < -0.3 is 10.2 Å². The lowest BCUT2D eigenvalue weighted by Crippen LogP contribution is -2.10. The second-order valence-electron chi connectivity index (χ2n) is 4.42. The highest BCUT2D eigenvalue weighted by molar-refractivity contribution is 5.20. The molecule has 2 heteroatoms. The molecule has 0 aliphatic heterocycles. The Morgan fingerprint density at radius 1 is 1.18 bits per heavy atom. The largest absolute Gasteiger partial charge is 0.469 e. The van der Waals surface area contributed by atoms with Crippen molar-refractivity contribution in [1.29, 1.82) is 0 Å². The van der Waals surface area contributed by atoms with E-state index in [9.17, 15) is 0 Å². The van der Waals surface area contributed by atoms with Crippen molar-refractivity contribution in [3.05, 3.63) is 59.5 Å². The summed E-state index contributed by atoms with van der Waals surface area (Å²) in [6.45, 7) is 1.96. The normalized spacial score (nSPS) is 12.6. The van der Waals surface area contributed by atoms with E-state index in [2.05, 4.69) is 24.3 Å². The molecule has 1 atom stereocenters. The summed E-state index contributed by atoms with van der Waals surface area (Å²) in [4.78, 5) is 0. The highest BCUT2D eigenvalue weighted by Gasteiger charge is 2.10. The van der Waals surface area contributed by atoms with Crippen LogP contribution in [0.25, 0.3) is 0 Å². The van der Waals surface area contributed by atoms with E-state index in [4.69, 9.17) is 10.2 Å². The third-order valence-electron chi connectivity index (χ3n) is 3.12. The van der Waals surface area contributed by atoms with Gasteiger partial charge in [-0.3, -0.25) is 0 Å². The van der Waals surface area contributed by atoms with E-state index in [0.29, 0.717) is 0 Å². The van der Waals surface area contributed by atoms with E-state index < -0.39 is 0 Å². The number of rotatable bonds is 5. The average Bonchev–Trinajstić information content (AvgIpc) is 2.77. The van der Waals surface area contributed by atoms with Gasteiger partial charge in [-0.25, -0.2) is 0 Å². The predicted octanol–water partition coefficient (Wildman–Crippen LogP) is 3.61. The Morgan fingerprint density at radius 3 is 2.59 bits per heavy atom. The van der Waals surface area contributed by atoms with E-state index in [-0.39, 0.29) is 6.04 Å². The average molecular weight is 229 g/mol. The first kappa shape index (κ1) is 11.9. The van der Waals surface area contributed by atoms with Crippen LogP contribution >= 0.6 is 0 Å². The smallest absolute Gasteiger partial charge is 0.105 e. The van der Waals surface area contributed by atoms with Crippen molar-refractivity contribution < 1.29 is 4.42 Å². The fourth-order valence-electron chi connectivity index (χ4n) is 2.11. The lowest BCUT2D eigenvalue weighted by Gasteiger charge is -2.10. The highest BCUT2D eigenvalue weighted by atomic mass is 16.3. The first-order valence-corrected chi connectivity index (χ1v) is 6.11. The van der Waals surface area contributed by atoms with Crippen molar-refractivity contribution >= 4 is 0 Å². The highest BCUT2D eigenvalue weighted by Crippen LogP contribution is 2.21. The van der Waals surface area contributed by atoms with Crippen LogP contribution in [0.5, 0.6) is 0 Å². The van der Waals surface area contributed by atoms with Gasteiger partial charge in [-0.05, 0) is 37.8 Å². The molecule has 1 unspecified atom stereocenters. The molecule has 0 amide bonds. The molecule has 0 aliphatic carbocycles. The van der Waals surface area contributed by atoms with Crippen LogP contribution in [-0.2, 0) is 6.42 Å². The molecule has 0 saturated heterocycles. The zero-order valence-electron chi connectivity index (χ0n) is 10.2. The summed E-state index contributed by atoms with van der Waals surface area (Å²) in [6.07, 6.45) is 4.90. The quantitative estimate of drug-likeness (QED) is 0.850. The molecule has 2 aromatic rings. The Kier molecular flexibility index (Phi) is 3.99. The number of furan rings is 1. The maximum atomic E-state index is 6.14. The molecule has 2 nitrogen and oxygen atoms in total. The molecule has 0 fully saturated rings. The second kappa shape index (κ2) is 5.69. The molecule has 2 N–H and O–H groups in total. The number of benzene rings is 1. The molecule has 0 bridgehead atoms. The van der Waals surface area contributed by atoms with Crippen molar-refractivity contribution in [2.45, 2.75) is 32.2 Å². The van der Waals surface area contributed by atoms with Gasteiger partial charge in [0.2, 0.25) is 0 Å². The van der Waals surface area contributed by atoms with Crippen LogP contribution in [0.3, 0.4) is 0 Å². The molecule has 1 heterocycles. The molecule has 17 heavy (non-hydrogen) atoms. The van der Waals surface area contributed by atoms with Crippen LogP contribution < -0.4 is 5.73 Å². The van der Waals surface area contributed by atoms with Crippen LogP contribution in [-0.4, -0.2) is 0 Å². The Morgan fingerprint density at radius 2 is 1.94 bits per heavy atom. The zero-order chi connectivity index (χ0) is 12.1. The van der Waals surface area contributed by atoms with Crippen LogP contribution in [0.15, 0.2) is 47.1 Å². The monoisotopic (exact) mass is 229 g/mol. The predicted molar refractivity (Wildman–Crippen MR) is 69.8 cm³/mol. The van der Waals surface area contributed by atoms with Gasteiger partial charge in [0, 0.05) is 11.6 Å². The lowest BCUT2D eigenvalue weighted by atomic mass is 10.0. The molecule has 0 aliphatic rings. The molecular formula is C15H19NO. The molecule has 0 radical (unpaired) electrons. The van der Waals surface area contributed by atoms with Gasteiger partial charge in [0.05, 0.1) is 6.26 Å². The fraction of sp³-hybridized carbons (Fsp3) is 0.333. The minimum Gasteiger partial charge on any atom is -0.469 e. The summed E-state index contributed by atoms with van der Waals surface area (Å²) in [5.74, 6) is 0.942. The third-order valence-corrected chi connectivity index (χ3v) is 3.12. The first-order chi connectivity index (χ1) is 8.27. The molecular weight excluding hydrogens is 210 g/mol. The summed E-state index contributed by atoms with van der Waals surface area (Å²) < 4.78 is 5.27. The van der Waals surface area contributed by atoms with Crippen LogP contribution in [0.1, 0.15) is 35.8 Å². The van der Waals surface area contributed by atoms with E-state index in [1.165, 1.54) is 5.56 Å². The Labute approximate surface area is 102 Å². The zero-order valence-corrected chi connectivity index (χ0v) is 10.2. The van der Waals surface area contributed by atoms with Gasteiger partial charge in [-0.15, -0.1) is 0 Å². The van der Waals surface area contributed by atoms with Gasteiger partial charge in [0.1, 0.15) is 5.76 Å². The second-order valence-corrected chi connectivity index (χ2v) is 4.42. The van der Waals surface area contributed by atoms with Crippen molar-refractivity contribution in [3.8, 4) is 0 Å². The minimum absolute atomic E-state index is 0.0949. The number of nitrogens with two attached hydrogens (primary N) is 1. The summed E-state index contributed by atoms with van der Waals surface area (Å²) in [6, 6.07) is 12.6. The van der Waals surface area contributed by atoms with Gasteiger partial charge in [0.25, 0.3) is 0 Å². The van der Waals surface area contributed by atoms with Crippen molar-refractivity contribution in [3.63, 3.8) is 0 Å². The summed E-state index contributed by atoms with van der Waals surface area (Å²) >= 11 is 0. The van der Waals surface area contributed by atoms with Crippen LogP contribution in [0.2, 0.25) is 0 Å². The molecule has 1 aromatic carbocycles. The maximum Gasteiger partial charge on any atom is 0.105 e. The van der Waals surface area contributed by atoms with E-state index in [1.54, 1.807) is 6.26 Å². The molecule has 1 aromatic heterocycles. The van der Waals surface area contributed by atoms with Gasteiger partial charge in [0.15, 0.2) is 0 Å². The first-order valence-electron chi connectivity index (χ1n) is 6.11. The number of hydrogen-bond donors (Lipinski definition) is 1. The van der Waals surface area contributed by atoms with E-state index in [1.807, 2.05) is 19.1 Å². The molecule has 90 valence electrons. The third kappa shape index (κ3) is 3.21. The molecule has 0 saturated carbocycles. The minimum atomic E-state index is 0.0949. The topological polar surface area (TPSA) is 39.2 Å². The van der Waals surface area contributed by atoms with Crippen LogP contribution in [0, 0.1) is 6.92 Å². The molecule has 2 rings (SSSR count). The SMILES string of the molecule is Cc1occc1C(N)CCCc1ccccc1. The number of aryl methyl sites for hydroxylation is 2. The standard InChI is InChI=1S/C15H19NO/c1-12-14(10-11-17-12)15(16)9-5-8-13-6-3-2-4-7-13/h2-4,6-7,10-11,15H,5,8-9,16H2,1H3. The van der Waals surface area contributed by atoms with Crippen molar-refractivity contribution in [1.82, 2.24) is 0 Å². The van der Waals surface area contributed by atoms with Gasteiger partial charge in [-0.1, -0.05) is 30.3 Å². The fourth-order valence-corrected chi connectivity index (χ4v) is 2.11. The van der Waals surface area contributed by atoms with Gasteiger partial charge in [-0.2, -0.15) is 0 Å². The van der Waals surface area contributed by atoms with Crippen LogP contribution in [0.4, 0.5) is 0 Å². The Bertz CT molecular complexity index is 447. The molecule has 0 spiro atoms. The Hall–Kier alpha value is -1.54. The van der Waals surface area contributed by atoms with Crippen molar-refractivity contribution in [2.75, 3.05) is 0 Å².